The summed E-state index contributed by atoms with van der Waals surface area (Å²) in [7, 11) is 0. The fourth-order valence-electron chi connectivity index (χ4n) is 3.70. The van der Waals surface area contributed by atoms with E-state index in [0.717, 1.165) is 13.1 Å². The van der Waals surface area contributed by atoms with E-state index in [4.69, 9.17) is 5.73 Å². The maximum atomic E-state index is 5.99. The Morgan fingerprint density at radius 2 is 1.90 bits per heavy atom. The SMILES string of the molecule is NCC1CCc2ccccc2N1CCCN1CCCC1. The Morgan fingerprint density at radius 3 is 2.70 bits per heavy atom. The summed E-state index contributed by atoms with van der Waals surface area (Å²) in [5, 5.41) is 0. The lowest BCUT2D eigenvalue weighted by atomic mass is 9.95. The second kappa shape index (κ2) is 6.59. The Kier molecular flexibility index (Phi) is 4.58. The predicted octanol–water partition coefficient (Wildman–Crippen LogP) is 2.25. The molecular weight excluding hydrogens is 246 g/mol. The molecule has 20 heavy (non-hydrogen) atoms. The van der Waals surface area contributed by atoms with Crippen molar-refractivity contribution >= 4 is 5.69 Å². The second-order valence-electron chi connectivity index (χ2n) is 6.15. The molecule has 1 fully saturated rings. The van der Waals surface area contributed by atoms with Gasteiger partial charge in [0.15, 0.2) is 0 Å². The van der Waals surface area contributed by atoms with E-state index in [-0.39, 0.29) is 0 Å². The maximum Gasteiger partial charge on any atom is 0.0415 e. The number of hydrogen-bond acceptors (Lipinski definition) is 3. The number of nitrogens with two attached hydrogens (primary N) is 1. The topological polar surface area (TPSA) is 32.5 Å². The van der Waals surface area contributed by atoms with Crippen LogP contribution in [0.4, 0.5) is 5.69 Å². The molecule has 3 nitrogen and oxygen atoms in total. The number of rotatable bonds is 5. The molecule has 110 valence electrons. The van der Waals surface area contributed by atoms with Gasteiger partial charge in [-0.05, 0) is 63.4 Å². The van der Waals surface area contributed by atoms with Crippen LogP contribution in [0.15, 0.2) is 24.3 Å². The molecular formula is C17H27N3. The molecule has 2 heterocycles. The van der Waals surface area contributed by atoms with Gasteiger partial charge in [0, 0.05) is 24.8 Å². The van der Waals surface area contributed by atoms with Crippen molar-refractivity contribution < 1.29 is 0 Å². The quantitative estimate of drug-likeness (QED) is 0.893. The van der Waals surface area contributed by atoms with Crippen molar-refractivity contribution in [1.82, 2.24) is 4.90 Å². The van der Waals surface area contributed by atoms with Crippen LogP contribution in [0.25, 0.3) is 0 Å². The fraction of sp³-hybridized carbons (Fsp3) is 0.647. The lowest BCUT2D eigenvalue weighted by Crippen LogP contribution is -2.45. The van der Waals surface area contributed by atoms with Crippen LogP contribution in [0.1, 0.15) is 31.2 Å². The minimum absolute atomic E-state index is 0.531. The van der Waals surface area contributed by atoms with Crippen LogP contribution in [-0.4, -0.2) is 43.7 Å². The molecule has 1 aromatic carbocycles. The molecule has 0 aromatic heterocycles. The van der Waals surface area contributed by atoms with E-state index < -0.39 is 0 Å². The van der Waals surface area contributed by atoms with Crippen molar-refractivity contribution in [2.75, 3.05) is 37.6 Å². The van der Waals surface area contributed by atoms with Gasteiger partial charge in [-0.1, -0.05) is 18.2 Å². The minimum Gasteiger partial charge on any atom is -0.367 e. The number of hydrogen-bond donors (Lipinski definition) is 1. The van der Waals surface area contributed by atoms with Gasteiger partial charge in [0.05, 0.1) is 0 Å². The number of benzene rings is 1. The molecule has 2 aliphatic heterocycles. The number of para-hydroxylation sites is 1. The van der Waals surface area contributed by atoms with E-state index in [2.05, 4.69) is 34.1 Å². The zero-order valence-corrected chi connectivity index (χ0v) is 12.4. The van der Waals surface area contributed by atoms with Crippen molar-refractivity contribution in [3.8, 4) is 0 Å². The molecule has 3 heteroatoms. The Labute approximate surface area is 122 Å². The van der Waals surface area contributed by atoms with Crippen molar-refractivity contribution in [2.24, 2.45) is 5.73 Å². The number of anilines is 1. The van der Waals surface area contributed by atoms with Gasteiger partial charge >= 0.3 is 0 Å². The van der Waals surface area contributed by atoms with Crippen LogP contribution >= 0.6 is 0 Å². The lowest BCUT2D eigenvalue weighted by Gasteiger charge is -2.38. The zero-order chi connectivity index (χ0) is 13.8. The molecule has 0 aliphatic carbocycles. The lowest BCUT2D eigenvalue weighted by molar-refractivity contribution is 0.331. The van der Waals surface area contributed by atoms with Gasteiger partial charge in [-0.25, -0.2) is 0 Å². The molecule has 1 unspecified atom stereocenters. The first-order chi connectivity index (χ1) is 9.88. The van der Waals surface area contributed by atoms with Crippen molar-refractivity contribution in [3.05, 3.63) is 29.8 Å². The highest BCUT2D eigenvalue weighted by Crippen LogP contribution is 2.30. The Balaban J connectivity index is 1.62. The molecule has 3 rings (SSSR count). The van der Waals surface area contributed by atoms with E-state index in [1.165, 1.54) is 63.0 Å². The van der Waals surface area contributed by atoms with Gasteiger partial charge in [0.25, 0.3) is 0 Å². The summed E-state index contributed by atoms with van der Waals surface area (Å²) in [5.74, 6) is 0. The number of nitrogens with zero attached hydrogens (tertiary/aromatic N) is 2. The van der Waals surface area contributed by atoms with E-state index in [9.17, 15) is 0 Å². The van der Waals surface area contributed by atoms with Crippen LogP contribution < -0.4 is 10.6 Å². The Morgan fingerprint density at radius 1 is 1.10 bits per heavy atom. The van der Waals surface area contributed by atoms with Crippen LogP contribution in [-0.2, 0) is 6.42 Å². The van der Waals surface area contributed by atoms with Crippen LogP contribution in [0.5, 0.6) is 0 Å². The molecule has 2 N–H and O–H groups in total. The molecule has 0 saturated carbocycles. The predicted molar refractivity (Wildman–Crippen MR) is 85.2 cm³/mol. The van der Waals surface area contributed by atoms with Gasteiger partial charge in [-0.2, -0.15) is 0 Å². The van der Waals surface area contributed by atoms with Gasteiger partial charge in [0.2, 0.25) is 0 Å². The molecule has 0 amide bonds. The third-order valence-electron chi connectivity index (χ3n) is 4.83. The first-order valence-corrected chi connectivity index (χ1v) is 8.15. The average Bonchev–Trinajstić information content (AvgIpc) is 3.00. The molecule has 1 atom stereocenters. The summed E-state index contributed by atoms with van der Waals surface area (Å²) < 4.78 is 0. The summed E-state index contributed by atoms with van der Waals surface area (Å²) in [5.41, 5.74) is 8.92. The largest absolute Gasteiger partial charge is 0.367 e. The second-order valence-corrected chi connectivity index (χ2v) is 6.15. The molecule has 1 aromatic rings. The van der Waals surface area contributed by atoms with Crippen LogP contribution in [0.3, 0.4) is 0 Å². The van der Waals surface area contributed by atoms with Gasteiger partial charge in [-0.3, -0.25) is 0 Å². The number of aryl methyl sites for hydroxylation is 1. The normalized spacial score (nSPS) is 23.1. The average molecular weight is 273 g/mol. The van der Waals surface area contributed by atoms with Crippen molar-refractivity contribution in [2.45, 2.75) is 38.1 Å². The standard InChI is InChI=1S/C17H27N3/c18-14-16-9-8-15-6-1-2-7-17(15)20(16)13-5-12-19-10-3-4-11-19/h1-2,6-7,16H,3-5,8-14,18H2. The zero-order valence-electron chi connectivity index (χ0n) is 12.4. The van der Waals surface area contributed by atoms with Gasteiger partial charge in [0.1, 0.15) is 0 Å². The van der Waals surface area contributed by atoms with Gasteiger partial charge < -0.3 is 15.5 Å². The molecule has 0 bridgehead atoms. The highest BCUT2D eigenvalue weighted by atomic mass is 15.2. The first-order valence-electron chi connectivity index (χ1n) is 8.15. The fourth-order valence-corrected chi connectivity index (χ4v) is 3.70. The molecule has 0 spiro atoms. The highest BCUT2D eigenvalue weighted by molar-refractivity contribution is 5.56. The summed E-state index contributed by atoms with van der Waals surface area (Å²) in [6.07, 6.45) is 6.42. The van der Waals surface area contributed by atoms with Crippen molar-refractivity contribution in [3.63, 3.8) is 0 Å². The third-order valence-corrected chi connectivity index (χ3v) is 4.83. The van der Waals surface area contributed by atoms with Gasteiger partial charge in [-0.15, -0.1) is 0 Å². The van der Waals surface area contributed by atoms with E-state index in [1.54, 1.807) is 0 Å². The number of likely N-dealkylation sites (tertiary alicyclic amines) is 1. The minimum atomic E-state index is 0.531. The molecule has 0 radical (unpaired) electrons. The number of fused-ring (bicyclic) bond motifs is 1. The van der Waals surface area contributed by atoms with E-state index in [0.29, 0.717) is 6.04 Å². The summed E-state index contributed by atoms with van der Waals surface area (Å²) in [6, 6.07) is 9.39. The van der Waals surface area contributed by atoms with Crippen molar-refractivity contribution in [1.29, 1.82) is 0 Å². The van der Waals surface area contributed by atoms with Crippen LogP contribution in [0, 0.1) is 0 Å². The monoisotopic (exact) mass is 273 g/mol. The molecule has 1 saturated heterocycles. The summed E-state index contributed by atoms with van der Waals surface area (Å²) in [6.45, 7) is 5.77. The van der Waals surface area contributed by atoms with E-state index in [1.807, 2.05) is 0 Å². The highest BCUT2D eigenvalue weighted by Gasteiger charge is 2.24. The maximum absolute atomic E-state index is 5.99. The Bertz CT molecular complexity index is 426. The van der Waals surface area contributed by atoms with E-state index >= 15 is 0 Å². The third kappa shape index (κ3) is 2.99. The van der Waals surface area contributed by atoms with Crippen LogP contribution in [0.2, 0.25) is 0 Å². The molecule has 2 aliphatic rings. The Hall–Kier alpha value is -1.06. The summed E-state index contributed by atoms with van der Waals surface area (Å²) in [4.78, 5) is 5.17. The first kappa shape index (κ1) is 13.9. The summed E-state index contributed by atoms with van der Waals surface area (Å²) >= 11 is 0. The smallest absolute Gasteiger partial charge is 0.0415 e.